The number of hydrogen-bond acceptors (Lipinski definition) is 5. The Bertz CT molecular complexity index is 949. The second-order valence-electron chi connectivity index (χ2n) is 6.17. The molecule has 2 heterocycles. The summed E-state index contributed by atoms with van der Waals surface area (Å²) in [4.78, 5) is 16.4. The minimum atomic E-state index is -3.28. The number of carbonyl (C=O) groups is 1. The molecule has 2 N–H and O–H groups in total. The van der Waals surface area contributed by atoms with Gasteiger partial charge in [0, 0.05) is 18.5 Å². The fourth-order valence-corrected chi connectivity index (χ4v) is 5.11. The maximum absolute atomic E-state index is 12.1. The Labute approximate surface area is 171 Å². The van der Waals surface area contributed by atoms with Gasteiger partial charge in [-0.1, -0.05) is 29.3 Å². The zero-order chi connectivity index (χ0) is 19.6. The molecular formula is C16H18Cl2N4O3S2. The number of rotatable bonds is 5. The van der Waals surface area contributed by atoms with Crippen LogP contribution in [0.1, 0.15) is 30.1 Å². The standard InChI is InChI=1S/C16H18Cl2N4O3S2/c1-27(24,25)22-6-2-3-14(22)13-9-26-16(20-13)21-15(23)19-8-10-4-5-11(17)12(18)7-10/h4-5,7,9,14H,2-3,6,8H2,1H3,(H2,19,20,21,23). The zero-order valence-corrected chi connectivity index (χ0v) is 17.6. The lowest BCUT2D eigenvalue weighted by Gasteiger charge is -2.20. The molecule has 1 aliphatic rings. The van der Waals surface area contributed by atoms with Gasteiger partial charge in [-0.2, -0.15) is 4.31 Å². The van der Waals surface area contributed by atoms with Gasteiger partial charge in [0.15, 0.2) is 5.13 Å². The van der Waals surface area contributed by atoms with Crippen LogP contribution in [0.3, 0.4) is 0 Å². The van der Waals surface area contributed by atoms with Crippen molar-refractivity contribution in [2.45, 2.75) is 25.4 Å². The van der Waals surface area contributed by atoms with Gasteiger partial charge in [0.05, 0.1) is 28.0 Å². The van der Waals surface area contributed by atoms with E-state index in [4.69, 9.17) is 23.2 Å². The normalized spacial score (nSPS) is 17.8. The Hall–Kier alpha value is -1.39. The van der Waals surface area contributed by atoms with Crippen molar-refractivity contribution in [3.05, 3.63) is 44.9 Å². The molecule has 1 aromatic carbocycles. The largest absolute Gasteiger partial charge is 0.334 e. The third-order valence-corrected chi connectivity index (χ3v) is 6.95. The van der Waals surface area contributed by atoms with Gasteiger partial charge in [0.1, 0.15) is 0 Å². The second kappa shape index (κ2) is 8.32. The van der Waals surface area contributed by atoms with E-state index in [-0.39, 0.29) is 12.6 Å². The molecule has 3 rings (SSSR count). The molecule has 1 aliphatic heterocycles. The molecule has 0 aliphatic carbocycles. The van der Waals surface area contributed by atoms with Gasteiger partial charge in [-0.25, -0.2) is 18.2 Å². The van der Waals surface area contributed by atoms with Crippen molar-refractivity contribution in [1.29, 1.82) is 0 Å². The van der Waals surface area contributed by atoms with Gasteiger partial charge in [0.2, 0.25) is 10.0 Å². The van der Waals surface area contributed by atoms with Crippen molar-refractivity contribution in [3.63, 3.8) is 0 Å². The number of sulfonamides is 1. The Morgan fingerprint density at radius 2 is 2.15 bits per heavy atom. The lowest BCUT2D eigenvalue weighted by Crippen LogP contribution is -2.30. The van der Waals surface area contributed by atoms with E-state index in [2.05, 4.69) is 15.6 Å². The summed E-state index contributed by atoms with van der Waals surface area (Å²) in [5, 5.41) is 8.45. The molecule has 0 saturated carbocycles. The number of anilines is 1. The number of aromatic nitrogens is 1. The molecule has 1 fully saturated rings. The van der Waals surface area contributed by atoms with Gasteiger partial charge in [0.25, 0.3) is 0 Å². The maximum Gasteiger partial charge on any atom is 0.321 e. The number of nitrogens with one attached hydrogen (secondary N) is 2. The molecule has 0 spiro atoms. The highest BCUT2D eigenvalue weighted by atomic mass is 35.5. The number of carbonyl (C=O) groups excluding carboxylic acids is 1. The molecule has 1 aromatic heterocycles. The molecule has 27 heavy (non-hydrogen) atoms. The SMILES string of the molecule is CS(=O)(=O)N1CCCC1c1csc(NC(=O)NCc2ccc(Cl)c(Cl)c2)n1. The quantitative estimate of drug-likeness (QED) is 0.725. The first kappa shape index (κ1) is 20.3. The first-order valence-electron chi connectivity index (χ1n) is 8.15. The molecular weight excluding hydrogens is 431 g/mol. The summed E-state index contributed by atoms with van der Waals surface area (Å²) >= 11 is 13.1. The van der Waals surface area contributed by atoms with E-state index < -0.39 is 16.1 Å². The van der Waals surface area contributed by atoms with Crippen molar-refractivity contribution < 1.29 is 13.2 Å². The summed E-state index contributed by atoms with van der Waals surface area (Å²) in [5.74, 6) is 0. The number of hydrogen-bond donors (Lipinski definition) is 2. The van der Waals surface area contributed by atoms with Crippen molar-refractivity contribution in [2.75, 3.05) is 18.1 Å². The summed E-state index contributed by atoms with van der Waals surface area (Å²) in [5.41, 5.74) is 1.47. The van der Waals surface area contributed by atoms with Crippen LogP contribution in [0, 0.1) is 0 Å². The fraction of sp³-hybridized carbons (Fsp3) is 0.375. The van der Waals surface area contributed by atoms with E-state index >= 15 is 0 Å². The van der Waals surface area contributed by atoms with Crippen LogP contribution >= 0.6 is 34.5 Å². The lowest BCUT2D eigenvalue weighted by atomic mass is 10.2. The third kappa shape index (κ3) is 5.11. The Morgan fingerprint density at radius 1 is 1.37 bits per heavy atom. The van der Waals surface area contributed by atoms with Gasteiger partial charge >= 0.3 is 6.03 Å². The van der Waals surface area contributed by atoms with Gasteiger partial charge in [-0.05, 0) is 30.5 Å². The van der Waals surface area contributed by atoms with Gasteiger partial charge in [-0.15, -0.1) is 11.3 Å². The molecule has 0 radical (unpaired) electrons. The molecule has 7 nitrogen and oxygen atoms in total. The van der Waals surface area contributed by atoms with Crippen LogP contribution < -0.4 is 10.6 Å². The number of nitrogens with zero attached hydrogens (tertiary/aromatic N) is 2. The molecule has 1 unspecified atom stereocenters. The summed E-state index contributed by atoms with van der Waals surface area (Å²) < 4.78 is 25.2. The van der Waals surface area contributed by atoms with E-state index in [0.29, 0.717) is 27.4 Å². The van der Waals surface area contributed by atoms with Crippen molar-refractivity contribution in [3.8, 4) is 0 Å². The number of amides is 2. The Kier molecular flexibility index (Phi) is 6.27. The van der Waals surface area contributed by atoms with Crippen LogP contribution in [0.2, 0.25) is 10.0 Å². The highest BCUT2D eigenvalue weighted by molar-refractivity contribution is 7.88. The first-order chi connectivity index (χ1) is 12.7. The average molecular weight is 449 g/mol. The minimum Gasteiger partial charge on any atom is -0.334 e. The highest BCUT2D eigenvalue weighted by Crippen LogP contribution is 2.35. The Morgan fingerprint density at radius 3 is 2.85 bits per heavy atom. The molecule has 0 bridgehead atoms. The molecule has 1 saturated heterocycles. The molecule has 1 atom stereocenters. The van der Waals surface area contributed by atoms with Crippen LogP contribution in [0.5, 0.6) is 0 Å². The van der Waals surface area contributed by atoms with Crippen molar-refractivity contribution >= 4 is 55.7 Å². The third-order valence-electron chi connectivity index (χ3n) is 4.15. The Balaban J connectivity index is 1.58. The number of halogens is 2. The maximum atomic E-state index is 12.1. The minimum absolute atomic E-state index is 0.272. The predicted molar refractivity (Wildman–Crippen MR) is 108 cm³/mol. The van der Waals surface area contributed by atoms with Gasteiger partial charge < -0.3 is 5.32 Å². The molecule has 2 amide bonds. The fourth-order valence-electron chi connectivity index (χ4n) is 2.90. The summed E-state index contributed by atoms with van der Waals surface area (Å²) in [6.45, 7) is 0.777. The van der Waals surface area contributed by atoms with Crippen LogP contribution in [0.25, 0.3) is 0 Å². The van der Waals surface area contributed by atoms with Crippen LogP contribution in [-0.4, -0.2) is 36.5 Å². The monoisotopic (exact) mass is 448 g/mol. The number of benzene rings is 1. The topological polar surface area (TPSA) is 91.4 Å². The molecule has 146 valence electrons. The van der Waals surface area contributed by atoms with E-state index in [1.165, 1.54) is 21.9 Å². The van der Waals surface area contributed by atoms with Gasteiger partial charge in [-0.3, -0.25) is 5.32 Å². The summed E-state index contributed by atoms with van der Waals surface area (Å²) in [6, 6.07) is 4.45. The molecule has 2 aromatic rings. The van der Waals surface area contributed by atoms with Crippen molar-refractivity contribution in [1.82, 2.24) is 14.6 Å². The van der Waals surface area contributed by atoms with Crippen LogP contribution in [-0.2, 0) is 16.6 Å². The smallest absolute Gasteiger partial charge is 0.321 e. The zero-order valence-electron chi connectivity index (χ0n) is 14.4. The van der Waals surface area contributed by atoms with E-state index in [1.54, 1.807) is 23.6 Å². The predicted octanol–water partition coefficient (Wildman–Crippen LogP) is 3.87. The number of urea groups is 1. The second-order valence-corrected chi connectivity index (χ2v) is 9.77. The van der Waals surface area contributed by atoms with Crippen molar-refractivity contribution in [2.24, 2.45) is 0 Å². The van der Waals surface area contributed by atoms with E-state index in [9.17, 15) is 13.2 Å². The lowest BCUT2D eigenvalue weighted by molar-refractivity contribution is 0.251. The van der Waals surface area contributed by atoms with E-state index in [0.717, 1.165) is 18.4 Å². The van der Waals surface area contributed by atoms with Crippen LogP contribution in [0.15, 0.2) is 23.6 Å². The molecule has 11 heteroatoms. The highest BCUT2D eigenvalue weighted by Gasteiger charge is 2.34. The first-order valence-corrected chi connectivity index (χ1v) is 11.6. The van der Waals surface area contributed by atoms with E-state index in [1.807, 2.05) is 0 Å². The average Bonchev–Trinajstić information content (AvgIpc) is 3.24. The summed E-state index contributed by atoms with van der Waals surface area (Å²) in [7, 11) is -3.28. The number of thiazole rings is 1. The summed E-state index contributed by atoms with van der Waals surface area (Å²) in [6.07, 6.45) is 2.72. The van der Waals surface area contributed by atoms with Crippen LogP contribution in [0.4, 0.5) is 9.93 Å².